The third-order valence-corrected chi connectivity index (χ3v) is 9.16. The number of likely N-dealkylation sites (N-methyl/N-ethyl adjacent to an activating group) is 1. The van der Waals surface area contributed by atoms with Crippen LogP contribution in [0, 0.1) is 20.8 Å². The Morgan fingerprint density at radius 3 is 2.13 bits per heavy atom. The molecule has 0 aliphatic carbocycles. The van der Waals surface area contributed by atoms with Gasteiger partial charge >= 0.3 is 0 Å². The highest BCUT2D eigenvalue weighted by molar-refractivity contribution is 7.92. The molecule has 0 aromatic heterocycles. The van der Waals surface area contributed by atoms with E-state index in [2.05, 4.69) is 5.32 Å². The highest BCUT2D eigenvalue weighted by Crippen LogP contribution is 2.28. The van der Waals surface area contributed by atoms with Gasteiger partial charge in [-0.25, -0.2) is 8.42 Å². The fourth-order valence-electron chi connectivity index (χ4n) is 4.17. The molecule has 0 saturated heterocycles. The van der Waals surface area contributed by atoms with E-state index in [0.717, 1.165) is 21.0 Å². The van der Waals surface area contributed by atoms with Crippen LogP contribution in [0.5, 0.6) is 0 Å². The van der Waals surface area contributed by atoms with Crippen LogP contribution >= 0.6 is 23.2 Å². The van der Waals surface area contributed by atoms with Crippen molar-refractivity contribution in [3.8, 4) is 0 Å². The molecule has 0 spiro atoms. The Labute approximate surface area is 240 Å². The Hall–Kier alpha value is -3.07. The number of benzene rings is 3. The van der Waals surface area contributed by atoms with E-state index in [1.165, 1.54) is 24.1 Å². The van der Waals surface area contributed by atoms with Crippen molar-refractivity contribution in [3.05, 3.63) is 93.0 Å². The normalized spacial score (nSPS) is 12.1. The number of carbonyl (C=O) groups is 2. The predicted molar refractivity (Wildman–Crippen MR) is 157 cm³/mol. The average Bonchev–Trinajstić information content (AvgIpc) is 2.90. The molecule has 0 aliphatic rings. The zero-order valence-electron chi connectivity index (χ0n) is 22.7. The van der Waals surface area contributed by atoms with Crippen LogP contribution in [-0.2, 0) is 26.2 Å². The Bertz CT molecular complexity index is 1460. The van der Waals surface area contributed by atoms with Gasteiger partial charge in [0.25, 0.3) is 10.0 Å². The van der Waals surface area contributed by atoms with Crippen molar-refractivity contribution in [1.82, 2.24) is 10.2 Å². The molecule has 2 amide bonds. The molecule has 3 aromatic rings. The number of nitrogens with zero attached hydrogens (tertiary/aromatic N) is 2. The van der Waals surface area contributed by atoms with Gasteiger partial charge in [-0.1, -0.05) is 60.0 Å². The van der Waals surface area contributed by atoms with Crippen LogP contribution < -0.4 is 9.62 Å². The van der Waals surface area contributed by atoms with Gasteiger partial charge in [-0.15, -0.1) is 0 Å². The molecular weight excluding hydrogens is 557 g/mol. The molecule has 0 saturated carbocycles. The summed E-state index contributed by atoms with van der Waals surface area (Å²) in [5.74, 6) is -0.893. The van der Waals surface area contributed by atoms with Crippen molar-refractivity contribution in [2.45, 2.75) is 51.6 Å². The molecule has 3 aromatic carbocycles. The van der Waals surface area contributed by atoms with Gasteiger partial charge in [0.1, 0.15) is 12.6 Å². The largest absolute Gasteiger partial charge is 0.357 e. The van der Waals surface area contributed by atoms with E-state index >= 15 is 0 Å². The third kappa shape index (κ3) is 7.12. The number of anilines is 1. The number of halogens is 2. The van der Waals surface area contributed by atoms with E-state index in [1.807, 2.05) is 26.8 Å². The Morgan fingerprint density at radius 1 is 0.897 bits per heavy atom. The van der Waals surface area contributed by atoms with Crippen molar-refractivity contribution >= 4 is 50.7 Å². The molecule has 0 fully saturated rings. The summed E-state index contributed by atoms with van der Waals surface area (Å²) >= 11 is 12.3. The molecule has 0 unspecified atom stereocenters. The lowest BCUT2D eigenvalue weighted by molar-refractivity contribution is -0.140. The van der Waals surface area contributed by atoms with Gasteiger partial charge < -0.3 is 10.2 Å². The average molecular weight is 591 g/mol. The molecule has 208 valence electrons. The molecule has 3 rings (SSSR count). The molecular formula is C29H33Cl2N3O4S. The lowest BCUT2D eigenvalue weighted by Gasteiger charge is -2.33. The fourth-order valence-corrected chi connectivity index (χ4v) is 5.89. The Kier molecular flexibility index (Phi) is 10.0. The highest BCUT2D eigenvalue weighted by atomic mass is 35.5. The minimum absolute atomic E-state index is 0.0347. The molecule has 1 N–H and O–H groups in total. The number of rotatable bonds is 10. The quantitative estimate of drug-likeness (QED) is 0.330. The van der Waals surface area contributed by atoms with Gasteiger partial charge in [-0.05, 0) is 80.3 Å². The van der Waals surface area contributed by atoms with Crippen LogP contribution in [0.25, 0.3) is 0 Å². The number of hydrogen-bond acceptors (Lipinski definition) is 4. The summed E-state index contributed by atoms with van der Waals surface area (Å²) in [5.41, 5.74) is 3.79. The maximum atomic E-state index is 14.0. The first-order valence-electron chi connectivity index (χ1n) is 12.5. The van der Waals surface area contributed by atoms with E-state index in [0.29, 0.717) is 27.7 Å². The zero-order valence-corrected chi connectivity index (χ0v) is 25.0. The van der Waals surface area contributed by atoms with Gasteiger partial charge in [0, 0.05) is 13.6 Å². The van der Waals surface area contributed by atoms with Gasteiger partial charge in [0.15, 0.2) is 0 Å². The Balaban J connectivity index is 2.09. The second-order valence-corrected chi connectivity index (χ2v) is 12.1. The van der Waals surface area contributed by atoms with Crippen LogP contribution in [0.3, 0.4) is 0 Å². The smallest absolute Gasteiger partial charge is 0.264 e. The van der Waals surface area contributed by atoms with Gasteiger partial charge in [0.2, 0.25) is 11.8 Å². The number of amides is 2. The van der Waals surface area contributed by atoms with Crippen LogP contribution in [0.1, 0.15) is 35.6 Å². The number of aryl methyl sites for hydroxylation is 3. The standard InChI is InChI=1S/C29H33Cl2N3O4S/c1-6-27(29(36)32-5)33(17-22-10-14-25(30)26(31)16-22)28(35)18-34(23-11-9-20(3)21(4)15-23)39(37,38)24-12-7-19(2)8-13-24/h7-16,27H,6,17-18H2,1-5H3,(H,32,36)/t27-/m1/s1. The number of carbonyl (C=O) groups excluding carboxylic acids is 2. The molecule has 0 bridgehead atoms. The second-order valence-electron chi connectivity index (χ2n) is 9.40. The van der Waals surface area contributed by atoms with Crippen LogP contribution in [0.2, 0.25) is 10.0 Å². The first kappa shape index (κ1) is 30.5. The molecule has 10 heteroatoms. The minimum atomic E-state index is -4.13. The summed E-state index contributed by atoms with van der Waals surface area (Å²) in [5, 5.41) is 3.28. The lowest BCUT2D eigenvalue weighted by atomic mass is 10.1. The molecule has 0 heterocycles. The van der Waals surface area contributed by atoms with Crippen LogP contribution in [0.4, 0.5) is 5.69 Å². The number of nitrogens with one attached hydrogen (secondary N) is 1. The highest BCUT2D eigenvalue weighted by Gasteiger charge is 2.33. The van der Waals surface area contributed by atoms with Crippen molar-refractivity contribution < 1.29 is 18.0 Å². The summed E-state index contributed by atoms with van der Waals surface area (Å²) in [7, 11) is -2.63. The predicted octanol–water partition coefficient (Wildman–Crippen LogP) is 5.67. The maximum absolute atomic E-state index is 14.0. The van der Waals surface area contributed by atoms with E-state index < -0.39 is 28.5 Å². The molecule has 7 nitrogen and oxygen atoms in total. The summed E-state index contributed by atoms with van der Waals surface area (Å²) < 4.78 is 28.9. The topological polar surface area (TPSA) is 86.8 Å². The van der Waals surface area contributed by atoms with E-state index in [4.69, 9.17) is 23.2 Å². The van der Waals surface area contributed by atoms with E-state index in [9.17, 15) is 18.0 Å². The first-order valence-corrected chi connectivity index (χ1v) is 14.7. The van der Waals surface area contributed by atoms with Crippen LogP contribution in [-0.4, -0.2) is 44.8 Å². The summed E-state index contributed by atoms with van der Waals surface area (Å²) in [6.07, 6.45) is 0.321. The lowest BCUT2D eigenvalue weighted by Crippen LogP contribution is -2.51. The number of hydrogen-bond donors (Lipinski definition) is 1. The number of sulfonamides is 1. The third-order valence-electron chi connectivity index (χ3n) is 6.64. The minimum Gasteiger partial charge on any atom is -0.357 e. The molecule has 1 atom stereocenters. The van der Waals surface area contributed by atoms with Crippen molar-refractivity contribution in [2.75, 3.05) is 17.9 Å². The van der Waals surface area contributed by atoms with Gasteiger partial charge in [0.05, 0.1) is 20.6 Å². The Morgan fingerprint density at radius 2 is 1.56 bits per heavy atom. The summed E-state index contributed by atoms with van der Waals surface area (Å²) in [4.78, 5) is 28.2. The monoisotopic (exact) mass is 589 g/mol. The van der Waals surface area contributed by atoms with E-state index in [-0.39, 0.29) is 17.3 Å². The van der Waals surface area contributed by atoms with E-state index in [1.54, 1.807) is 49.4 Å². The summed E-state index contributed by atoms with van der Waals surface area (Å²) in [6, 6.07) is 15.8. The fraction of sp³-hybridized carbons (Fsp3) is 0.310. The molecule has 39 heavy (non-hydrogen) atoms. The van der Waals surface area contributed by atoms with Gasteiger partial charge in [-0.3, -0.25) is 13.9 Å². The van der Waals surface area contributed by atoms with Gasteiger partial charge in [-0.2, -0.15) is 0 Å². The maximum Gasteiger partial charge on any atom is 0.264 e. The SMILES string of the molecule is CC[C@H](C(=O)NC)N(Cc1ccc(Cl)c(Cl)c1)C(=O)CN(c1ccc(C)c(C)c1)S(=O)(=O)c1ccc(C)cc1. The summed E-state index contributed by atoms with van der Waals surface area (Å²) in [6.45, 7) is 7.00. The zero-order chi connectivity index (χ0) is 28.9. The molecule has 0 radical (unpaired) electrons. The van der Waals surface area contributed by atoms with Crippen LogP contribution in [0.15, 0.2) is 65.6 Å². The van der Waals surface area contributed by atoms with Crippen molar-refractivity contribution in [2.24, 2.45) is 0 Å². The van der Waals surface area contributed by atoms with Crippen molar-refractivity contribution in [3.63, 3.8) is 0 Å². The van der Waals surface area contributed by atoms with Crippen molar-refractivity contribution in [1.29, 1.82) is 0 Å². The second kappa shape index (κ2) is 12.9. The molecule has 0 aliphatic heterocycles. The first-order chi connectivity index (χ1) is 18.4.